The Kier molecular flexibility index (Phi) is 7.46. The number of carbonyl (C=O) groups excluding carboxylic acids is 2. The standard InChI is InChI=1S/C23H37N3O3/c1-14(2)24-20(23(5,6)7)22(29)26-13-18(27)12-19(26)21(28)25-16(4)17-10-8-15(3)9-11-17/h8-11,14,16,18-20,24,27H,12-13H2,1-7H3,(H,25,28)/t16-,18+,19-,20+/m0/s1. The highest BCUT2D eigenvalue weighted by Crippen LogP contribution is 2.27. The van der Waals surface area contributed by atoms with Crippen molar-refractivity contribution in [2.75, 3.05) is 6.54 Å². The van der Waals surface area contributed by atoms with Crippen LogP contribution in [0.5, 0.6) is 0 Å². The van der Waals surface area contributed by atoms with Gasteiger partial charge >= 0.3 is 0 Å². The summed E-state index contributed by atoms with van der Waals surface area (Å²) in [5.74, 6) is -0.355. The van der Waals surface area contributed by atoms with Gasteiger partial charge in [-0.2, -0.15) is 0 Å². The molecule has 1 aliphatic heterocycles. The Hall–Kier alpha value is -1.92. The summed E-state index contributed by atoms with van der Waals surface area (Å²) in [6.07, 6.45) is -0.430. The van der Waals surface area contributed by atoms with Crippen LogP contribution in [0.3, 0.4) is 0 Å². The van der Waals surface area contributed by atoms with Crippen LogP contribution in [-0.2, 0) is 9.59 Å². The Balaban J connectivity index is 2.16. The molecule has 162 valence electrons. The Morgan fingerprint density at radius 3 is 2.24 bits per heavy atom. The van der Waals surface area contributed by atoms with Crippen molar-refractivity contribution >= 4 is 11.8 Å². The number of nitrogens with zero attached hydrogens (tertiary/aromatic N) is 1. The van der Waals surface area contributed by atoms with Gasteiger partial charge in [-0.05, 0) is 24.8 Å². The molecule has 1 fully saturated rings. The fraction of sp³-hybridized carbons (Fsp3) is 0.652. The molecule has 0 unspecified atom stereocenters. The quantitative estimate of drug-likeness (QED) is 0.682. The molecule has 0 radical (unpaired) electrons. The summed E-state index contributed by atoms with van der Waals surface area (Å²) >= 11 is 0. The highest BCUT2D eigenvalue weighted by Gasteiger charge is 2.44. The van der Waals surface area contributed by atoms with Crippen LogP contribution in [0.4, 0.5) is 0 Å². The van der Waals surface area contributed by atoms with E-state index in [4.69, 9.17) is 0 Å². The van der Waals surface area contributed by atoms with Crippen LogP contribution < -0.4 is 10.6 Å². The Bertz CT molecular complexity index is 709. The fourth-order valence-electron chi connectivity index (χ4n) is 3.74. The number of benzene rings is 1. The van der Waals surface area contributed by atoms with E-state index in [1.54, 1.807) is 4.90 Å². The summed E-state index contributed by atoms with van der Waals surface area (Å²) in [6, 6.07) is 6.87. The minimum Gasteiger partial charge on any atom is -0.391 e. The minimum absolute atomic E-state index is 0.129. The first-order valence-electron chi connectivity index (χ1n) is 10.5. The van der Waals surface area contributed by atoms with Crippen molar-refractivity contribution in [2.24, 2.45) is 5.41 Å². The number of rotatable bonds is 6. The lowest BCUT2D eigenvalue weighted by Crippen LogP contribution is -2.57. The molecule has 1 aliphatic rings. The number of amides is 2. The molecule has 0 aromatic heterocycles. The highest BCUT2D eigenvalue weighted by molar-refractivity contribution is 5.91. The van der Waals surface area contributed by atoms with Gasteiger partial charge in [0.2, 0.25) is 11.8 Å². The second-order valence-electron chi connectivity index (χ2n) is 9.66. The third-order valence-corrected chi connectivity index (χ3v) is 5.41. The number of carbonyl (C=O) groups is 2. The summed E-state index contributed by atoms with van der Waals surface area (Å²) in [5.41, 5.74) is 1.86. The molecule has 2 rings (SSSR count). The van der Waals surface area contributed by atoms with Crippen molar-refractivity contribution in [1.29, 1.82) is 0 Å². The lowest BCUT2D eigenvalue weighted by atomic mass is 9.85. The van der Waals surface area contributed by atoms with Crippen LogP contribution in [-0.4, -0.2) is 52.6 Å². The number of aliphatic hydroxyl groups excluding tert-OH is 1. The second kappa shape index (κ2) is 9.26. The van der Waals surface area contributed by atoms with Crippen molar-refractivity contribution in [2.45, 2.75) is 85.2 Å². The molecule has 1 heterocycles. The van der Waals surface area contributed by atoms with Crippen LogP contribution in [0.2, 0.25) is 0 Å². The SMILES string of the molecule is Cc1ccc([C@H](C)NC(=O)[C@@H]2C[C@@H](O)CN2C(=O)[C@@H](NC(C)C)C(C)(C)C)cc1. The molecule has 1 aromatic rings. The summed E-state index contributed by atoms with van der Waals surface area (Å²) in [5, 5.41) is 16.6. The number of β-amino-alcohol motifs (C(OH)–C–C–N with tert-alkyl or cyclic N) is 1. The summed E-state index contributed by atoms with van der Waals surface area (Å²) in [4.78, 5) is 27.9. The van der Waals surface area contributed by atoms with Crippen LogP contribution in [0.15, 0.2) is 24.3 Å². The molecule has 0 aliphatic carbocycles. The van der Waals surface area contributed by atoms with Crippen molar-refractivity contribution < 1.29 is 14.7 Å². The number of likely N-dealkylation sites (tertiary alicyclic amines) is 1. The normalized spacial score (nSPS) is 21.9. The molecule has 6 nitrogen and oxygen atoms in total. The third kappa shape index (κ3) is 6.03. The third-order valence-electron chi connectivity index (χ3n) is 5.41. The monoisotopic (exact) mass is 403 g/mol. The summed E-state index contributed by atoms with van der Waals surface area (Å²) < 4.78 is 0. The molecule has 1 aromatic carbocycles. The maximum atomic E-state index is 13.4. The number of hydrogen-bond acceptors (Lipinski definition) is 4. The molecule has 0 bridgehead atoms. The molecule has 1 saturated heterocycles. The predicted molar refractivity (Wildman–Crippen MR) is 115 cm³/mol. The predicted octanol–water partition coefficient (Wildman–Crippen LogP) is 2.55. The van der Waals surface area contributed by atoms with Gasteiger partial charge in [0.1, 0.15) is 6.04 Å². The van der Waals surface area contributed by atoms with Gasteiger partial charge in [0.25, 0.3) is 0 Å². The van der Waals surface area contributed by atoms with Gasteiger partial charge < -0.3 is 20.6 Å². The maximum absolute atomic E-state index is 13.4. The van der Waals surface area contributed by atoms with Crippen LogP contribution in [0.1, 0.15) is 65.1 Å². The van der Waals surface area contributed by atoms with Gasteiger partial charge in [-0.3, -0.25) is 9.59 Å². The van der Waals surface area contributed by atoms with Gasteiger partial charge in [0, 0.05) is 19.0 Å². The number of aliphatic hydroxyl groups is 1. The van der Waals surface area contributed by atoms with E-state index in [1.165, 1.54) is 0 Å². The first-order valence-corrected chi connectivity index (χ1v) is 10.5. The van der Waals surface area contributed by atoms with E-state index in [9.17, 15) is 14.7 Å². The number of nitrogens with one attached hydrogen (secondary N) is 2. The van der Waals surface area contributed by atoms with Gasteiger partial charge in [-0.15, -0.1) is 0 Å². The zero-order chi connectivity index (χ0) is 21.9. The molecule has 0 spiro atoms. The van der Waals surface area contributed by atoms with E-state index < -0.39 is 18.2 Å². The largest absolute Gasteiger partial charge is 0.391 e. The Labute approximate surface area is 175 Å². The van der Waals surface area contributed by atoms with E-state index in [0.717, 1.165) is 11.1 Å². The summed E-state index contributed by atoms with van der Waals surface area (Å²) in [6.45, 7) is 14.1. The smallest absolute Gasteiger partial charge is 0.243 e. The highest BCUT2D eigenvalue weighted by atomic mass is 16.3. The second-order valence-corrected chi connectivity index (χ2v) is 9.66. The molecule has 3 N–H and O–H groups in total. The Morgan fingerprint density at radius 2 is 1.72 bits per heavy atom. The molecular formula is C23H37N3O3. The average Bonchev–Trinajstić information content (AvgIpc) is 3.00. The van der Waals surface area contributed by atoms with Gasteiger partial charge in [0.15, 0.2) is 0 Å². The van der Waals surface area contributed by atoms with E-state index in [-0.39, 0.29) is 42.3 Å². The Morgan fingerprint density at radius 1 is 1.14 bits per heavy atom. The first kappa shape index (κ1) is 23.4. The minimum atomic E-state index is -0.691. The maximum Gasteiger partial charge on any atom is 0.243 e. The molecular weight excluding hydrogens is 366 g/mol. The average molecular weight is 404 g/mol. The zero-order valence-corrected chi connectivity index (χ0v) is 18.8. The van der Waals surface area contributed by atoms with E-state index in [2.05, 4.69) is 10.6 Å². The first-order chi connectivity index (χ1) is 13.4. The molecule has 0 saturated carbocycles. The summed E-state index contributed by atoms with van der Waals surface area (Å²) in [7, 11) is 0. The van der Waals surface area contributed by atoms with Crippen LogP contribution >= 0.6 is 0 Å². The lowest BCUT2D eigenvalue weighted by molar-refractivity contribution is -0.142. The molecule has 4 atom stereocenters. The zero-order valence-electron chi connectivity index (χ0n) is 18.8. The number of hydrogen-bond donors (Lipinski definition) is 3. The van der Waals surface area contributed by atoms with Crippen LogP contribution in [0, 0.1) is 12.3 Å². The van der Waals surface area contributed by atoms with Gasteiger partial charge in [-0.1, -0.05) is 64.4 Å². The van der Waals surface area contributed by atoms with E-state index >= 15 is 0 Å². The molecule has 2 amide bonds. The molecule has 29 heavy (non-hydrogen) atoms. The van der Waals surface area contributed by atoms with Gasteiger partial charge in [-0.25, -0.2) is 0 Å². The topological polar surface area (TPSA) is 81.7 Å². The van der Waals surface area contributed by atoms with Crippen molar-refractivity contribution in [1.82, 2.24) is 15.5 Å². The number of aryl methyl sites for hydroxylation is 1. The molecule has 6 heteroatoms. The lowest BCUT2D eigenvalue weighted by Gasteiger charge is -2.36. The van der Waals surface area contributed by atoms with Crippen molar-refractivity contribution in [3.63, 3.8) is 0 Å². The van der Waals surface area contributed by atoms with Gasteiger partial charge in [0.05, 0.1) is 18.2 Å². The van der Waals surface area contributed by atoms with Crippen molar-refractivity contribution in [3.8, 4) is 0 Å². The van der Waals surface area contributed by atoms with E-state index in [1.807, 2.05) is 72.7 Å². The fourth-order valence-corrected chi connectivity index (χ4v) is 3.74. The van der Waals surface area contributed by atoms with Crippen molar-refractivity contribution in [3.05, 3.63) is 35.4 Å². The van der Waals surface area contributed by atoms with E-state index in [0.29, 0.717) is 0 Å². The van der Waals surface area contributed by atoms with Crippen LogP contribution in [0.25, 0.3) is 0 Å².